The lowest BCUT2D eigenvalue weighted by Gasteiger charge is -2.10. The first-order valence-corrected chi connectivity index (χ1v) is 6.92. The summed E-state index contributed by atoms with van der Waals surface area (Å²) in [5.74, 6) is -0.171. The zero-order valence-corrected chi connectivity index (χ0v) is 10.2. The van der Waals surface area contributed by atoms with Gasteiger partial charge in [0.05, 0.1) is 12.4 Å². The number of ether oxygens (including phenoxy) is 1. The van der Waals surface area contributed by atoms with E-state index in [1.807, 2.05) is 30.3 Å². The number of rotatable bonds is 6. The molecule has 0 saturated heterocycles. The zero-order valence-electron chi connectivity index (χ0n) is 8.67. The molecule has 16 heavy (non-hydrogen) atoms. The second-order valence-corrected chi connectivity index (χ2v) is 5.58. The van der Waals surface area contributed by atoms with E-state index in [4.69, 9.17) is 21.5 Å². The van der Waals surface area contributed by atoms with Gasteiger partial charge in [-0.05, 0) is 5.56 Å². The van der Waals surface area contributed by atoms with Gasteiger partial charge in [-0.15, -0.1) is 0 Å². The molecule has 0 aliphatic carbocycles. The molecule has 0 aromatic heterocycles. The van der Waals surface area contributed by atoms with Gasteiger partial charge < -0.3 is 4.74 Å². The van der Waals surface area contributed by atoms with Crippen LogP contribution in [0.3, 0.4) is 0 Å². The molecule has 1 aromatic rings. The Hall–Kier alpha value is -0.620. The summed E-state index contributed by atoms with van der Waals surface area (Å²) < 4.78 is 26.6. The van der Waals surface area contributed by atoms with Gasteiger partial charge in [0.1, 0.15) is 5.56 Å². The van der Waals surface area contributed by atoms with Gasteiger partial charge in [0.2, 0.25) is 10.0 Å². The van der Waals surface area contributed by atoms with Crippen LogP contribution in [0.1, 0.15) is 12.0 Å². The van der Waals surface area contributed by atoms with Crippen molar-refractivity contribution in [1.29, 1.82) is 0 Å². The summed E-state index contributed by atoms with van der Waals surface area (Å²) in [6.07, 6.45) is 0.188. The molecule has 1 unspecified atom stereocenters. The van der Waals surface area contributed by atoms with Crippen LogP contribution in [0.5, 0.6) is 0 Å². The lowest BCUT2D eigenvalue weighted by atomic mass is 10.2. The summed E-state index contributed by atoms with van der Waals surface area (Å²) in [7, 11) is -3.47. The molecule has 0 aliphatic heterocycles. The zero-order chi connectivity index (χ0) is 12.0. The number of benzene rings is 1. The normalized spacial score (nSPS) is 13.6. The molecule has 0 radical (unpaired) electrons. The van der Waals surface area contributed by atoms with Crippen LogP contribution in [0, 0.1) is 0 Å². The van der Waals surface area contributed by atoms with E-state index >= 15 is 0 Å². The highest BCUT2D eigenvalue weighted by atomic mass is 35.5. The van der Waals surface area contributed by atoms with Gasteiger partial charge in [-0.3, -0.25) is 0 Å². The van der Waals surface area contributed by atoms with Gasteiger partial charge in [0.15, 0.2) is 0 Å². The highest BCUT2D eigenvalue weighted by Gasteiger charge is 2.10. The van der Waals surface area contributed by atoms with Crippen molar-refractivity contribution in [2.24, 2.45) is 5.14 Å². The Labute approximate surface area is 100 Å². The van der Waals surface area contributed by atoms with Crippen molar-refractivity contribution in [2.45, 2.75) is 18.6 Å². The lowest BCUT2D eigenvalue weighted by molar-refractivity contribution is 0.0922. The maximum absolute atomic E-state index is 10.7. The van der Waals surface area contributed by atoms with Crippen molar-refractivity contribution < 1.29 is 13.2 Å². The summed E-state index contributed by atoms with van der Waals surface area (Å²) in [6.45, 7) is 0.361. The minimum Gasteiger partial charge on any atom is -0.358 e. The van der Waals surface area contributed by atoms with Crippen LogP contribution in [0.25, 0.3) is 0 Å². The molecule has 0 heterocycles. The summed E-state index contributed by atoms with van der Waals surface area (Å²) >= 11 is 5.79. The van der Waals surface area contributed by atoms with E-state index in [9.17, 15) is 8.42 Å². The molecule has 1 rings (SSSR count). The highest BCUT2D eigenvalue weighted by Crippen LogP contribution is 2.09. The quantitative estimate of drug-likeness (QED) is 0.790. The van der Waals surface area contributed by atoms with Crippen molar-refractivity contribution in [3.8, 4) is 0 Å². The van der Waals surface area contributed by atoms with Crippen LogP contribution in [-0.4, -0.2) is 19.7 Å². The van der Waals surface area contributed by atoms with Crippen LogP contribution in [0.15, 0.2) is 30.3 Å². The summed E-state index contributed by atoms with van der Waals surface area (Å²) in [5, 5.41) is 4.85. The maximum atomic E-state index is 10.7. The molecule has 0 bridgehead atoms. The van der Waals surface area contributed by atoms with Crippen LogP contribution < -0.4 is 5.14 Å². The van der Waals surface area contributed by atoms with Crippen molar-refractivity contribution in [3.63, 3.8) is 0 Å². The summed E-state index contributed by atoms with van der Waals surface area (Å²) in [6, 6.07) is 9.51. The molecule has 1 atom stereocenters. The topological polar surface area (TPSA) is 69.4 Å². The summed E-state index contributed by atoms with van der Waals surface area (Å²) in [4.78, 5) is 0. The molecule has 2 N–H and O–H groups in total. The average molecular weight is 264 g/mol. The van der Waals surface area contributed by atoms with Crippen LogP contribution in [0.4, 0.5) is 0 Å². The Morgan fingerprint density at radius 3 is 2.50 bits per heavy atom. The monoisotopic (exact) mass is 263 g/mol. The molecule has 0 amide bonds. The van der Waals surface area contributed by atoms with E-state index < -0.39 is 15.6 Å². The fourth-order valence-electron chi connectivity index (χ4n) is 1.10. The van der Waals surface area contributed by atoms with E-state index in [0.717, 1.165) is 5.56 Å². The summed E-state index contributed by atoms with van der Waals surface area (Å²) in [5.41, 5.74) is 0.349. The van der Waals surface area contributed by atoms with E-state index in [0.29, 0.717) is 6.61 Å². The third-order valence-corrected chi connectivity index (χ3v) is 3.05. The first-order chi connectivity index (χ1) is 7.47. The fourth-order valence-corrected chi connectivity index (χ4v) is 1.95. The van der Waals surface area contributed by atoms with Gasteiger partial charge in [-0.2, -0.15) is 0 Å². The van der Waals surface area contributed by atoms with Crippen molar-refractivity contribution in [1.82, 2.24) is 0 Å². The predicted molar refractivity (Wildman–Crippen MR) is 63.5 cm³/mol. The van der Waals surface area contributed by atoms with Crippen LogP contribution in [-0.2, 0) is 21.4 Å². The number of hydrogen-bond donors (Lipinski definition) is 1. The first kappa shape index (κ1) is 13.4. The third kappa shape index (κ3) is 6.07. The van der Waals surface area contributed by atoms with Gasteiger partial charge >= 0.3 is 0 Å². The molecule has 90 valence electrons. The number of hydrogen-bond acceptors (Lipinski definition) is 3. The number of primary sulfonamides is 1. The van der Waals surface area contributed by atoms with E-state index in [-0.39, 0.29) is 12.2 Å². The first-order valence-electron chi connectivity index (χ1n) is 4.77. The Kier molecular flexibility index (Phi) is 5.21. The lowest BCUT2D eigenvalue weighted by Crippen LogP contribution is -2.20. The number of halogens is 1. The standard InChI is InChI=1S/C10H14ClNO3S/c11-10(6-7-16(12,13)14)15-8-9-4-2-1-3-5-9/h1-5,10H,6-8H2,(H2,12,13,14). The maximum Gasteiger partial charge on any atom is 0.209 e. The molecular weight excluding hydrogens is 250 g/mol. The molecule has 0 fully saturated rings. The fraction of sp³-hybridized carbons (Fsp3) is 0.400. The number of nitrogens with two attached hydrogens (primary N) is 1. The van der Waals surface area contributed by atoms with Gasteiger partial charge in [0, 0.05) is 6.42 Å². The third-order valence-electron chi connectivity index (χ3n) is 1.90. The van der Waals surface area contributed by atoms with Crippen LogP contribution >= 0.6 is 11.6 Å². The Morgan fingerprint density at radius 1 is 1.31 bits per heavy atom. The minimum atomic E-state index is -3.47. The van der Waals surface area contributed by atoms with E-state index in [1.165, 1.54) is 0 Å². The Balaban J connectivity index is 2.28. The van der Waals surface area contributed by atoms with Crippen LogP contribution in [0.2, 0.25) is 0 Å². The largest absolute Gasteiger partial charge is 0.358 e. The molecular formula is C10H14ClNO3S. The highest BCUT2D eigenvalue weighted by molar-refractivity contribution is 7.89. The molecule has 4 nitrogen and oxygen atoms in total. The van der Waals surface area contributed by atoms with Gasteiger partial charge in [-0.1, -0.05) is 41.9 Å². The molecule has 1 aromatic carbocycles. The SMILES string of the molecule is NS(=O)(=O)CCC(Cl)OCc1ccccc1. The van der Waals surface area contributed by atoms with Crippen molar-refractivity contribution >= 4 is 21.6 Å². The molecule has 0 aliphatic rings. The smallest absolute Gasteiger partial charge is 0.209 e. The van der Waals surface area contributed by atoms with Gasteiger partial charge in [-0.25, -0.2) is 13.6 Å². The number of alkyl halides is 1. The minimum absolute atomic E-state index is 0.171. The van der Waals surface area contributed by atoms with Crippen molar-refractivity contribution in [2.75, 3.05) is 5.75 Å². The molecule has 6 heteroatoms. The second-order valence-electron chi connectivity index (χ2n) is 3.36. The van der Waals surface area contributed by atoms with Crippen molar-refractivity contribution in [3.05, 3.63) is 35.9 Å². The molecule has 0 spiro atoms. The van der Waals surface area contributed by atoms with Gasteiger partial charge in [0.25, 0.3) is 0 Å². The predicted octanol–water partition coefficient (Wildman–Crippen LogP) is 1.45. The molecule has 0 saturated carbocycles. The Bertz CT molecular complexity index is 407. The average Bonchev–Trinajstić information content (AvgIpc) is 2.24. The van der Waals surface area contributed by atoms with E-state index in [2.05, 4.69) is 0 Å². The Morgan fingerprint density at radius 2 is 1.94 bits per heavy atom. The van der Waals surface area contributed by atoms with E-state index in [1.54, 1.807) is 0 Å². The number of sulfonamides is 1. The second kappa shape index (κ2) is 6.20.